The maximum Gasteiger partial charge on any atom is -0.0114 e. The molecule has 0 bridgehead atoms. The van der Waals surface area contributed by atoms with Crippen molar-refractivity contribution in [2.75, 3.05) is 0 Å². The Labute approximate surface area is 300 Å². The Bertz CT molecular complexity index is 2090. The van der Waals surface area contributed by atoms with Crippen molar-refractivity contribution in [3.05, 3.63) is 157 Å². The minimum Gasteiger partial charge on any atom is -0.165 e. The van der Waals surface area contributed by atoms with Crippen LogP contribution in [0.5, 0.6) is 0 Å². The van der Waals surface area contributed by atoms with Crippen LogP contribution in [0.2, 0.25) is 13.1 Å². The Balaban J connectivity index is 0.000000180. The van der Waals surface area contributed by atoms with Gasteiger partial charge in [0.15, 0.2) is 0 Å². The van der Waals surface area contributed by atoms with Crippen LogP contribution >= 0.6 is 24.8 Å². The third-order valence-corrected chi connectivity index (χ3v) is 7.95. The van der Waals surface area contributed by atoms with Gasteiger partial charge in [-0.15, -0.1) is 93.9 Å². The average molecular weight is 733 g/mol. The molecule has 8 aromatic carbocycles. The molecule has 0 aromatic heterocycles. The zero-order valence-electron chi connectivity index (χ0n) is 26.7. The standard InChI is InChI=1S/2C20H15.C2H6Si.2ClH.Zr/c2*1-14-12-16-8-5-11-19(20(16)13-14)18-10-4-7-15-6-2-3-9-17(15)18;1-3-2;;;/h2*2-13H,1H3;1-2H3;2*1H;/q2*-1;;;;+2. The Morgan fingerprint density at radius 3 is 1.13 bits per heavy atom. The van der Waals surface area contributed by atoms with Gasteiger partial charge < -0.3 is 0 Å². The normalized spacial score (nSPS) is 10.4. The number of hydrogen-bond acceptors (Lipinski definition) is 0. The van der Waals surface area contributed by atoms with Gasteiger partial charge in [-0.25, -0.2) is 0 Å². The molecule has 0 amide bonds. The monoisotopic (exact) mass is 730 g/mol. The number of aryl methyl sites for hydroxylation is 2. The van der Waals surface area contributed by atoms with Gasteiger partial charge in [0.1, 0.15) is 0 Å². The van der Waals surface area contributed by atoms with Crippen LogP contribution in [0, 0.1) is 13.8 Å². The van der Waals surface area contributed by atoms with Gasteiger partial charge in [0.05, 0.1) is 0 Å². The van der Waals surface area contributed by atoms with E-state index in [1.165, 1.54) is 76.5 Å². The summed E-state index contributed by atoms with van der Waals surface area (Å²) in [5.74, 6) is 0. The summed E-state index contributed by atoms with van der Waals surface area (Å²) in [5.41, 5.74) is 8.15. The molecule has 0 saturated carbocycles. The number of fused-ring (bicyclic) bond motifs is 4. The van der Waals surface area contributed by atoms with E-state index in [0.717, 1.165) is 0 Å². The third-order valence-electron chi connectivity index (χ3n) is 7.95. The fourth-order valence-corrected chi connectivity index (χ4v) is 6.16. The molecule has 0 radical (unpaired) electrons. The Kier molecular flexibility index (Phi) is 12.4. The van der Waals surface area contributed by atoms with E-state index in [2.05, 4.69) is 173 Å². The summed E-state index contributed by atoms with van der Waals surface area (Å²) in [7, 11) is 0. The molecular weight excluding hydrogens is 695 g/mol. The molecular formula is C42H38Cl2SiZr. The van der Waals surface area contributed by atoms with Gasteiger partial charge in [0.2, 0.25) is 0 Å². The van der Waals surface area contributed by atoms with Gasteiger partial charge >= 0.3 is 41.9 Å². The second-order valence-electron chi connectivity index (χ2n) is 11.7. The molecule has 0 fully saturated rings. The van der Waals surface area contributed by atoms with Gasteiger partial charge in [-0.2, -0.15) is 12.1 Å². The molecule has 0 aliphatic carbocycles. The summed E-state index contributed by atoms with van der Waals surface area (Å²) < 4.78 is 0. The van der Waals surface area contributed by atoms with Crippen molar-refractivity contribution in [2.45, 2.75) is 26.9 Å². The van der Waals surface area contributed by atoms with E-state index in [-0.39, 0.29) is 30.2 Å². The van der Waals surface area contributed by atoms with Crippen LogP contribution < -0.4 is 0 Å². The van der Waals surface area contributed by atoms with Crippen molar-refractivity contribution in [1.29, 1.82) is 0 Å². The minimum absolute atomic E-state index is 0. The largest absolute Gasteiger partial charge is 0.165 e. The van der Waals surface area contributed by atoms with E-state index in [4.69, 9.17) is 0 Å². The van der Waals surface area contributed by atoms with Gasteiger partial charge in [-0.1, -0.05) is 122 Å². The predicted octanol–water partition coefficient (Wildman–Crippen LogP) is 13.0. The van der Waals surface area contributed by atoms with Crippen molar-refractivity contribution in [2.24, 2.45) is 0 Å². The fraction of sp³-hybridized carbons (Fsp3) is 0.0952. The molecule has 0 nitrogen and oxygen atoms in total. The molecule has 0 spiro atoms. The van der Waals surface area contributed by atoms with Crippen molar-refractivity contribution in [1.82, 2.24) is 0 Å². The molecule has 0 aliphatic rings. The molecule has 0 atom stereocenters. The van der Waals surface area contributed by atoms with Crippen LogP contribution in [-0.4, -0.2) is 5.43 Å². The smallest absolute Gasteiger partial charge is 0.0114 e. The summed E-state index contributed by atoms with van der Waals surface area (Å²) in [6.45, 7) is 8.94. The van der Waals surface area contributed by atoms with Crippen molar-refractivity contribution < 1.29 is 23.3 Å². The maximum absolute atomic E-state index is 2.31. The molecule has 0 saturated heterocycles. The predicted molar refractivity (Wildman–Crippen MR) is 206 cm³/mol. The summed E-state index contributed by atoms with van der Waals surface area (Å²) in [4.78, 5) is 0. The first-order valence-corrected chi connectivity index (χ1v) is 21.4. The molecule has 46 heavy (non-hydrogen) atoms. The molecule has 0 heterocycles. The quantitative estimate of drug-likeness (QED) is 0.123. The van der Waals surface area contributed by atoms with Gasteiger partial charge in [0.25, 0.3) is 0 Å². The Morgan fingerprint density at radius 1 is 0.435 bits per heavy atom. The molecule has 4 heteroatoms. The van der Waals surface area contributed by atoms with Gasteiger partial charge in [-0.05, 0) is 32.7 Å². The Hall–Kier alpha value is -3.26. The number of rotatable bonds is 2. The first kappa shape index (κ1) is 35.6. The minimum atomic E-state index is 0. The molecule has 0 N–H and O–H groups in total. The number of hydrogen-bond donors (Lipinski definition) is 0. The first-order valence-electron chi connectivity index (χ1n) is 15.2. The van der Waals surface area contributed by atoms with Gasteiger partial charge in [0, 0.05) is 0 Å². The van der Waals surface area contributed by atoms with E-state index in [1.54, 1.807) is 23.3 Å². The van der Waals surface area contributed by atoms with Crippen molar-refractivity contribution >= 4 is 73.3 Å². The van der Waals surface area contributed by atoms with Crippen LogP contribution in [0.1, 0.15) is 11.1 Å². The first-order chi connectivity index (χ1) is 21.4. The van der Waals surface area contributed by atoms with Crippen LogP contribution in [0.3, 0.4) is 0 Å². The number of benzene rings is 6. The van der Waals surface area contributed by atoms with Crippen LogP contribution in [0.4, 0.5) is 0 Å². The second-order valence-corrected chi connectivity index (χ2v) is 21.1. The molecule has 0 aliphatic heterocycles. The molecule has 0 unspecified atom stereocenters. The second kappa shape index (κ2) is 16.0. The summed E-state index contributed by atoms with van der Waals surface area (Å²) in [6.07, 6.45) is 0. The van der Waals surface area contributed by atoms with E-state index in [1.807, 2.05) is 0 Å². The van der Waals surface area contributed by atoms with E-state index < -0.39 is 0 Å². The third kappa shape index (κ3) is 7.81. The Morgan fingerprint density at radius 2 is 0.739 bits per heavy atom. The topological polar surface area (TPSA) is 0 Å². The van der Waals surface area contributed by atoms with Gasteiger partial charge in [-0.3, -0.25) is 0 Å². The molecule has 228 valence electrons. The summed E-state index contributed by atoms with van der Waals surface area (Å²) in [6, 6.07) is 52.5. The molecule has 8 rings (SSSR count). The van der Waals surface area contributed by atoms with Crippen molar-refractivity contribution in [3.8, 4) is 22.3 Å². The zero-order valence-corrected chi connectivity index (χ0v) is 31.8. The number of halogens is 2. The SMILES string of the molecule is C[Si](C)=[Zr+2].Cc1cc2c(-c3cccc4ccccc34)cccc2[cH-]1.Cc1cc2c(-c3cccc4ccccc34)cccc2[cH-]1.Cl.Cl. The molecule has 8 aromatic rings. The van der Waals surface area contributed by atoms with Crippen LogP contribution in [0.15, 0.2) is 146 Å². The zero-order chi connectivity index (χ0) is 30.6. The summed E-state index contributed by atoms with van der Waals surface area (Å²) in [5, 5.41) is 10.6. The average Bonchev–Trinajstić information content (AvgIpc) is 3.61. The summed E-state index contributed by atoms with van der Waals surface area (Å²) >= 11 is 1.74. The van der Waals surface area contributed by atoms with E-state index in [0.29, 0.717) is 0 Å². The van der Waals surface area contributed by atoms with E-state index >= 15 is 0 Å². The van der Waals surface area contributed by atoms with E-state index in [9.17, 15) is 0 Å². The fourth-order valence-electron chi connectivity index (χ4n) is 6.16. The van der Waals surface area contributed by atoms with Crippen LogP contribution in [-0.2, 0) is 23.3 Å². The van der Waals surface area contributed by atoms with Crippen molar-refractivity contribution in [3.63, 3.8) is 0 Å². The maximum atomic E-state index is 2.31. The van der Waals surface area contributed by atoms with Crippen LogP contribution in [0.25, 0.3) is 65.3 Å².